The van der Waals surface area contributed by atoms with Crippen LogP contribution in [0.5, 0.6) is 0 Å². The van der Waals surface area contributed by atoms with E-state index in [9.17, 15) is 0 Å². The Morgan fingerprint density at radius 2 is 2.00 bits per heavy atom. The number of rotatable bonds is 2. The fourth-order valence-corrected chi connectivity index (χ4v) is 1.22. The molecule has 0 amide bonds. The molecule has 0 aliphatic carbocycles. The van der Waals surface area contributed by atoms with E-state index >= 15 is 0 Å². The highest BCUT2D eigenvalue weighted by molar-refractivity contribution is 6.61. The predicted molar refractivity (Wildman–Crippen MR) is 38.3 cm³/mol. The monoisotopic (exact) mass is 114 g/mol. The van der Waals surface area contributed by atoms with Crippen LogP contribution < -0.4 is 0 Å². The van der Waals surface area contributed by atoms with Gasteiger partial charge in [-0.2, -0.15) is 0 Å². The van der Waals surface area contributed by atoms with Gasteiger partial charge in [0.15, 0.2) is 0 Å². The minimum Gasteiger partial charge on any atom is -0.102 e. The molecule has 0 aromatic heterocycles. The van der Waals surface area contributed by atoms with Gasteiger partial charge < -0.3 is 0 Å². The molecule has 1 heteroatoms. The Hall–Kier alpha value is -0.0431. The lowest BCUT2D eigenvalue weighted by Gasteiger charge is -1.86. The van der Waals surface area contributed by atoms with Crippen molar-refractivity contribution in [3.8, 4) is 0 Å². The van der Waals surface area contributed by atoms with Crippen molar-refractivity contribution in [2.24, 2.45) is 0 Å². The molecule has 0 atom stereocenters. The Morgan fingerprint density at radius 3 is 2.14 bits per heavy atom. The zero-order chi connectivity index (χ0) is 5.70. The number of hydrogen-bond acceptors (Lipinski definition) is 0. The molecule has 7 heavy (non-hydrogen) atoms. The molecule has 42 valence electrons. The zero-order valence-electron chi connectivity index (χ0n) is 5.44. The zero-order valence-corrected chi connectivity index (χ0v) is 6.59. The SMILES string of the molecule is CC/C=C/[SiH](C)C. The van der Waals surface area contributed by atoms with E-state index in [1.807, 2.05) is 0 Å². The summed E-state index contributed by atoms with van der Waals surface area (Å²) in [6.07, 6.45) is 3.46. The molecule has 0 unspecified atom stereocenters. The Kier molecular flexibility index (Phi) is 4.10. The summed E-state index contributed by atoms with van der Waals surface area (Å²) in [6, 6.07) is 0. The predicted octanol–water partition coefficient (Wildman–Crippen LogP) is 1.98. The second kappa shape index (κ2) is 4.12. The van der Waals surface area contributed by atoms with Gasteiger partial charge in [-0.25, -0.2) is 0 Å². The average molecular weight is 114 g/mol. The van der Waals surface area contributed by atoms with Gasteiger partial charge in [0, 0.05) is 0 Å². The number of allylic oxidation sites excluding steroid dienone is 1. The first-order valence-corrected chi connectivity index (χ1v) is 5.91. The topological polar surface area (TPSA) is 0 Å². The maximum atomic E-state index is 2.36. The van der Waals surface area contributed by atoms with Crippen LogP contribution in [0.2, 0.25) is 13.1 Å². The van der Waals surface area contributed by atoms with Gasteiger partial charge in [0.25, 0.3) is 0 Å². The third-order valence-corrected chi connectivity index (χ3v) is 1.80. The fourth-order valence-electron chi connectivity index (χ4n) is 0.408. The van der Waals surface area contributed by atoms with Gasteiger partial charge in [0.2, 0.25) is 0 Å². The van der Waals surface area contributed by atoms with Gasteiger partial charge in [-0.05, 0) is 6.42 Å². The Morgan fingerprint density at radius 1 is 1.43 bits per heavy atom. The summed E-state index contributed by atoms with van der Waals surface area (Å²) < 4.78 is 0. The van der Waals surface area contributed by atoms with Crippen LogP contribution in [-0.2, 0) is 0 Å². The van der Waals surface area contributed by atoms with Crippen molar-refractivity contribution < 1.29 is 0 Å². The van der Waals surface area contributed by atoms with Gasteiger partial charge in [-0.1, -0.05) is 26.1 Å². The van der Waals surface area contributed by atoms with Crippen molar-refractivity contribution in [3.05, 3.63) is 11.8 Å². The average Bonchev–Trinajstić information content (AvgIpc) is 1.61. The first-order chi connectivity index (χ1) is 3.27. The third-order valence-electron chi connectivity index (χ3n) is 0.757. The normalized spacial score (nSPS) is 11.4. The standard InChI is InChI=1S/C6H14Si/c1-4-5-6-7(2)3/h5-7H,4H2,1-3H3/b6-5+. The largest absolute Gasteiger partial charge is 0.102 e. The Bertz CT molecular complexity index is 55.2. The molecular formula is C6H14Si. The smallest absolute Gasteiger partial charge is 0.0549 e. The minimum atomic E-state index is -0.369. The van der Waals surface area contributed by atoms with Crippen LogP contribution in [0.3, 0.4) is 0 Å². The lowest BCUT2D eigenvalue weighted by atomic mass is 10.5. The molecule has 0 bridgehead atoms. The van der Waals surface area contributed by atoms with Gasteiger partial charge in [-0.15, -0.1) is 5.70 Å². The highest BCUT2D eigenvalue weighted by Gasteiger charge is 1.81. The third kappa shape index (κ3) is 5.96. The molecule has 0 heterocycles. The summed E-state index contributed by atoms with van der Waals surface area (Å²) in [5, 5.41) is 0. The summed E-state index contributed by atoms with van der Waals surface area (Å²) >= 11 is 0. The molecule has 0 aliphatic heterocycles. The highest BCUT2D eigenvalue weighted by atomic mass is 28.3. The van der Waals surface area contributed by atoms with Crippen LogP contribution in [0.25, 0.3) is 0 Å². The molecule has 0 saturated carbocycles. The van der Waals surface area contributed by atoms with E-state index in [0.717, 1.165) is 0 Å². The van der Waals surface area contributed by atoms with Gasteiger partial charge in [0.1, 0.15) is 0 Å². The van der Waals surface area contributed by atoms with Crippen LogP contribution >= 0.6 is 0 Å². The maximum absolute atomic E-state index is 2.36. The van der Waals surface area contributed by atoms with E-state index in [4.69, 9.17) is 0 Å². The van der Waals surface area contributed by atoms with Crippen molar-refractivity contribution in [1.29, 1.82) is 0 Å². The van der Waals surface area contributed by atoms with Crippen LogP contribution in [0.15, 0.2) is 11.8 Å². The number of hydrogen-bond donors (Lipinski definition) is 0. The molecule has 0 aromatic rings. The molecular weight excluding hydrogens is 100 g/mol. The Balaban J connectivity index is 3.08. The van der Waals surface area contributed by atoms with E-state index in [-0.39, 0.29) is 8.80 Å². The van der Waals surface area contributed by atoms with Crippen molar-refractivity contribution in [1.82, 2.24) is 0 Å². The molecule has 0 spiro atoms. The summed E-state index contributed by atoms with van der Waals surface area (Å²) in [5.74, 6) is 0. The van der Waals surface area contributed by atoms with E-state index in [2.05, 4.69) is 31.8 Å². The van der Waals surface area contributed by atoms with Gasteiger partial charge in [-0.3, -0.25) is 0 Å². The fraction of sp³-hybridized carbons (Fsp3) is 0.667. The second-order valence-corrected chi connectivity index (χ2v) is 4.95. The first kappa shape index (κ1) is 6.96. The van der Waals surface area contributed by atoms with Gasteiger partial charge in [0.05, 0.1) is 8.80 Å². The lowest BCUT2D eigenvalue weighted by molar-refractivity contribution is 1.23. The summed E-state index contributed by atoms with van der Waals surface area (Å²) in [6.45, 7) is 6.82. The molecule has 0 rings (SSSR count). The van der Waals surface area contributed by atoms with E-state index in [1.54, 1.807) is 0 Å². The summed E-state index contributed by atoms with van der Waals surface area (Å²) in [5.41, 5.74) is 2.36. The van der Waals surface area contributed by atoms with E-state index in [1.165, 1.54) is 6.42 Å². The van der Waals surface area contributed by atoms with Crippen molar-refractivity contribution >= 4 is 8.80 Å². The molecule has 0 fully saturated rings. The first-order valence-electron chi connectivity index (χ1n) is 2.94. The van der Waals surface area contributed by atoms with E-state index < -0.39 is 0 Å². The molecule has 0 N–H and O–H groups in total. The quantitative estimate of drug-likeness (QED) is 0.482. The van der Waals surface area contributed by atoms with Crippen molar-refractivity contribution in [2.45, 2.75) is 26.4 Å². The van der Waals surface area contributed by atoms with Gasteiger partial charge >= 0.3 is 0 Å². The minimum absolute atomic E-state index is 0.369. The molecule has 0 radical (unpaired) electrons. The molecule has 0 aliphatic rings. The molecule has 0 saturated heterocycles. The van der Waals surface area contributed by atoms with Crippen molar-refractivity contribution in [3.63, 3.8) is 0 Å². The van der Waals surface area contributed by atoms with E-state index in [0.29, 0.717) is 0 Å². The summed E-state index contributed by atoms with van der Waals surface area (Å²) in [7, 11) is -0.369. The molecule has 0 aromatic carbocycles. The van der Waals surface area contributed by atoms with Crippen molar-refractivity contribution in [2.75, 3.05) is 0 Å². The lowest BCUT2D eigenvalue weighted by Crippen LogP contribution is -1.91. The van der Waals surface area contributed by atoms with Crippen LogP contribution in [0.4, 0.5) is 0 Å². The summed E-state index contributed by atoms with van der Waals surface area (Å²) in [4.78, 5) is 0. The van der Waals surface area contributed by atoms with Crippen LogP contribution in [-0.4, -0.2) is 8.80 Å². The Labute approximate surface area is 47.9 Å². The second-order valence-electron chi connectivity index (χ2n) is 2.08. The maximum Gasteiger partial charge on any atom is 0.0549 e. The highest BCUT2D eigenvalue weighted by Crippen LogP contribution is 1.84. The van der Waals surface area contributed by atoms with Crippen LogP contribution in [0, 0.1) is 0 Å². The molecule has 0 nitrogen and oxygen atoms in total. The van der Waals surface area contributed by atoms with Crippen LogP contribution in [0.1, 0.15) is 13.3 Å².